The predicted molar refractivity (Wildman–Crippen MR) is 91.4 cm³/mol. The van der Waals surface area contributed by atoms with Crippen LogP contribution in [0.15, 0.2) is 65.5 Å². The lowest BCUT2D eigenvalue weighted by atomic mass is 10.0. The Morgan fingerprint density at radius 3 is 2.58 bits per heavy atom. The Kier molecular flexibility index (Phi) is 3.87. The van der Waals surface area contributed by atoms with Crippen LogP contribution in [0.25, 0.3) is 11.3 Å². The summed E-state index contributed by atoms with van der Waals surface area (Å²) in [5, 5.41) is 0. The summed E-state index contributed by atoms with van der Waals surface area (Å²) in [6.45, 7) is 1.47. The largest absolute Gasteiger partial charge is 0.444 e. The molecule has 4 heteroatoms. The Balaban J connectivity index is 1.55. The molecule has 4 rings (SSSR count). The van der Waals surface area contributed by atoms with Crippen molar-refractivity contribution in [3.63, 3.8) is 0 Å². The smallest absolute Gasteiger partial charge is 0.254 e. The van der Waals surface area contributed by atoms with E-state index in [4.69, 9.17) is 4.42 Å². The Hall–Kier alpha value is -2.88. The Labute approximate surface area is 140 Å². The average Bonchev–Trinajstić information content (AvgIpc) is 3.08. The van der Waals surface area contributed by atoms with E-state index in [2.05, 4.69) is 23.2 Å². The van der Waals surface area contributed by atoms with Crippen LogP contribution < -0.4 is 0 Å². The fourth-order valence-corrected chi connectivity index (χ4v) is 3.19. The van der Waals surface area contributed by atoms with E-state index in [-0.39, 0.29) is 5.91 Å². The van der Waals surface area contributed by atoms with Gasteiger partial charge in [0.1, 0.15) is 0 Å². The van der Waals surface area contributed by atoms with E-state index in [0.717, 1.165) is 24.9 Å². The third-order valence-electron chi connectivity index (χ3n) is 4.49. The molecule has 4 nitrogen and oxygen atoms in total. The molecule has 0 fully saturated rings. The van der Waals surface area contributed by atoms with Crippen LogP contribution in [-0.4, -0.2) is 22.3 Å². The number of amides is 1. The zero-order valence-electron chi connectivity index (χ0n) is 13.3. The summed E-state index contributed by atoms with van der Waals surface area (Å²) in [7, 11) is 0. The minimum atomic E-state index is 0.0795. The Morgan fingerprint density at radius 2 is 1.83 bits per heavy atom. The first kappa shape index (κ1) is 14.7. The molecule has 0 unspecified atom stereocenters. The minimum Gasteiger partial charge on any atom is -0.444 e. The van der Waals surface area contributed by atoms with Gasteiger partial charge in [0.15, 0.2) is 12.2 Å². The van der Waals surface area contributed by atoms with Crippen LogP contribution in [-0.2, 0) is 13.0 Å². The van der Waals surface area contributed by atoms with Crippen LogP contribution in [0.5, 0.6) is 0 Å². The highest BCUT2D eigenvalue weighted by atomic mass is 16.3. The molecule has 2 aromatic carbocycles. The second-order valence-corrected chi connectivity index (χ2v) is 6.04. The normalized spacial score (nSPS) is 14.1. The number of carbonyl (C=O) groups excluding carboxylic acids is 1. The van der Waals surface area contributed by atoms with Crippen molar-refractivity contribution in [2.45, 2.75) is 19.4 Å². The third kappa shape index (κ3) is 2.83. The number of hydrogen-bond acceptors (Lipinski definition) is 3. The quantitative estimate of drug-likeness (QED) is 0.719. The zero-order chi connectivity index (χ0) is 16.4. The van der Waals surface area contributed by atoms with Gasteiger partial charge in [-0.15, -0.1) is 0 Å². The molecule has 1 amide bonds. The van der Waals surface area contributed by atoms with Crippen LogP contribution in [0.2, 0.25) is 0 Å². The van der Waals surface area contributed by atoms with Gasteiger partial charge in [-0.25, -0.2) is 4.98 Å². The monoisotopic (exact) mass is 318 g/mol. The maximum Gasteiger partial charge on any atom is 0.254 e. The topological polar surface area (TPSA) is 46.3 Å². The first-order valence-electron chi connectivity index (χ1n) is 8.16. The van der Waals surface area contributed by atoms with Crippen molar-refractivity contribution in [2.75, 3.05) is 6.54 Å². The van der Waals surface area contributed by atoms with Crippen LogP contribution >= 0.6 is 0 Å². The summed E-state index contributed by atoms with van der Waals surface area (Å²) < 4.78 is 5.29. The first-order chi connectivity index (χ1) is 11.8. The van der Waals surface area contributed by atoms with E-state index in [1.54, 1.807) is 6.20 Å². The molecule has 2 heterocycles. The number of aromatic nitrogens is 1. The average molecular weight is 318 g/mol. The van der Waals surface area contributed by atoms with E-state index < -0.39 is 0 Å². The van der Waals surface area contributed by atoms with Crippen LogP contribution in [0.1, 0.15) is 27.9 Å². The zero-order valence-corrected chi connectivity index (χ0v) is 13.3. The van der Waals surface area contributed by atoms with Crippen molar-refractivity contribution >= 4 is 5.91 Å². The summed E-state index contributed by atoms with van der Waals surface area (Å²) in [6.07, 6.45) is 5.11. The van der Waals surface area contributed by atoms with Gasteiger partial charge < -0.3 is 9.32 Å². The lowest BCUT2D eigenvalue weighted by molar-refractivity contribution is 0.0746. The highest BCUT2D eigenvalue weighted by Gasteiger charge is 2.20. The van der Waals surface area contributed by atoms with Crippen molar-refractivity contribution in [3.05, 3.63) is 77.8 Å². The maximum atomic E-state index is 12.9. The molecule has 0 aliphatic carbocycles. The number of nitrogens with zero attached hydrogens (tertiary/aromatic N) is 2. The van der Waals surface area contributed by atoms with Crippen LogP contribution in [0, 0.1) is 0 Å². The van der Waals surface area contributed by atoms with Gasteiger partial charge >= 0.3 is 0 Å². The predicted octanol–water partition coefficient (Wildman–Crippen LogP) is 3.93. The van der Waals surface area contributed by atoms with E-state index >= 15 is 0 Å². The number of carbonyl (C=O) groups is 1. The van der Waals surface area contributed by atoms with Gasteiger partial charge in [0, 0.05) is 24.2 Å². The van der Waals surface area contributed by atoms with Gasteiger partial charge in [-0.2, -0.15) is 0 Å². The molecule has 0 spiro atoms. The molecule has 0 atom stereocenters. The van der Waals surface area contributed by atoms with Crippen molar-refractivity contribution in [2.24, 2.45) is 0 Å². The summed E-state index contributed by atoms with van der Waals surface area (Å²) in [6, 6.07) is 15.9. The van der Waals surface area contributed by atoms with Gasteiger partial charge in [0.25, 0.3) is 5.91 Å². The van der Waals surface area contributed by atoms with Crippen molar-refractivity contribution in [1.29, 1.82) is 0 Å². The molecule has 0 bridgehead atoms. The fraction of sp³-hybridized carbons (Fsp3) is 0.200. The molecule has 1 aromatic heterocycles. The second kappa shape index (κ2) is 6.32. The van der Waals surface area contributed by atoms with Gasteiger partial charge in [-0.1, -0.05) is 36.4 Å². The number of oxazole rings is 1. The van der Waals surface area contributed by atoms with Crippen LogP contribution in [0.4, 0.5) is 0 Å². The van der Waals surface area contributed by atoms with Crippen molar-refractivity contribution in [3.8, 4) is 11.3 Å². The van der Waals surface area contributed by atoms with Crippen molar-refractivity contribution in [1.82, 2.24) is 9.88 Å². The van der Waals surface area contributed by atoms with Gasteiger partial charge in [-0.05, 0) is 36.1 Å². The van der Waals surface area contributed by atoms with Crippen LogP contribution in [0.3, 0.4) is 0 Å². The molecule has 24 heavy (non-hydrogen) atoms. The fourth-order valence-electron chi connectivity index (χ4n) is 3.19. The number of benzene rings is 2. The molecule has 120 valence electrons. The third-order valence-corrected chi connectivity index (χ3v) is 4.49. The SMILES string of the molecule is O=C(c1ccc(-c2cnco2)cc1)N1CCCc2ccccc2C1. The maximum absolute atomic E-state index is 12.9. The lowest BCUT2D eigenvalue weighted by Crippen LogP contribution is -2.30. The number of aryl methyl sites for hydroxylation is 1. The Morgan fingerprint density at radius 1 is 1.04 bits per heavy atom. The Bertz CT molecular complexity index is 838. The molecule has 0 saturated heterocycles. The highest BCUT2D eigenvalue weighted by Crippen LogP contribution is 2.22. The minimum absolute atomic E-state index is 0.0795. The molecule has 1 aliphatic heterocycles. The number of rotatable bonds is 2. The number of hydrogen-bond donors (Lipinski definition) is 0. The molecular formula is C20H18N2O2. The summed E-state index contributed by atoms with van der Waals surface area (Å²) >= 11 is 0. The standard InChI is InChI=1S/C20H18N2O2/c23-20(17-9-7-16(8-10-17)19-12-21-14-24-19)22-11-3-6-15-4-1-2-5-18(15)13-22/h1-2,4-5,7-10,12,14H,3,6,11,13H2. The molecule has 0 saturated carbocycles. The molecule has 0 radical (unpaired) electrons. The molecule has 3 aromatic rings. The highest BCUT2D eigenvalue weighted by molar-refractivity contribution is 5.94. The second-order valence-electron chi connectivity index (χ2n) is 6.04. The van der Waals surface area contributed by atoms with E-state index in [1.165, 1.54) is 17.5 Å². The summed E-state index contributed by atoms with van der Waals surface area (Å²) in [5.74, 6) is 0.786. The van der Waals surface area contributed by atoms with E-state index in [9.17, 15) is 4.79 Å². The van der Waals surface area contributed by atoms with Crippen molar-refractivity contribution < 1.29 is 9.21 Å². The lowest BCUT2D eigenvalue weighted by Gasteiger charge is -2.21. The van der Waals surface area contributed by atoms with E-state index in [0.29, 0.717) is 17.9 Å². The van der Waals surface area contributed by atoms with Gasteiger partial charge in [-0.3, -0.25) is 4.79 Å². The first-order valence-corrected chi connectivity index (χ1v) is 8.16. The molecular weight excluding hydrogens is 300 g/mol. The van der Waals surface area contributed by atoms with E-state index in [1.807, 2.05) is 35.2 Å². The molecule has 1 aliphatic rings. The summed E-state index contributed by atoms with van der Waals surface area (Å²) in [4.78, 5) is 18.7. The van der Waals surface area contributed by atoms with Gasteiger partial charge in [0.2, 0.25) is 0 Å². The van der Waals surface area contributed by atoms with Gasteiger partial charge in [0.05, 0.1) is 6.20 Å². The number of fused-ring (bicyclic) bond motifs is 1. The summed E-state index contributed by atoms with van der Waals surface area (Å²) in [5.41, 5.74) is 4.23. The molecule has 0 N–H and O–H groups in total.